The number of halogens is 3. The molecule has 1 aliphatic heterocycles. The normalized spacial score (nSPS) is 16.0. The minimum Gasteiger partial charge on any atom is -0.491 e. The number of para-hydroxylation sites is 1. The van der Waals surface area contributed by atoms with Crippen molar-refractivity contribution in [3.05, 3.63) is 29.3 Å². The second-order valence-electron chi connectivity index (χ2n) is 6.22. The zero-order valence-electron chi connectivity index (χ0n) is 14.7. The van der Waals surface area contributed by atoms with Gasteiger partial charge >= 0.3 is 0 Å². The number of hydrogen-bond donors (Lipinski definition) is 1. The summed E-state index contributed by atoms with van der Waals surface area (Å²) >= 11 is 6.06. The van der Waals surface area contributed by atoms with E-state index >= 15 is 0 Å². The van der Waals surface area contributed by atoms with Crippen molar-refractivity contribution in [3.8, 4) is 5.75 Å². The van der Waals surface area contributed by atoms with Crippen LogP contribution in [0.25, 0.3) is 0 Å². The quantitative estimate of drug-likeness (QED) is 0.780. The predicted octanol–water partition coefficient (Wildman–Crippen LogP) is 2.69. The summed E-state index contributed by atoms with van der Waals surface area (Å²) in [6.45, 7) is 8.52. The molecule has 1 amide bonds. The van der Waals surface area contributed by atoms with Gasteiger partial charge in [0.1, 0.15) is 12.4 Å². The highest BCUT2D eigenvalue weighted by Crippen LogP contribution is 2.22. The molecule has 1 aromatic carbocycles. The highest BCUT2D eigenvalue weighted by molar-refractivity contribution is 6.32. The van der Waals surface area contributed by atoms with Crippen LogP contribution >= 0.6 is 36.4 Å². The van der Waals surface area contributed by atoms with E-state index in [0.29, 0.717) is 17.4 Å². The number of nitrogens with two attached hydrogens (primary N) is 1. The Bertz CT molecular complexity index is 524. The lowest BCUT2D eigenvalue weighted by molar-refractivity contribution is -0.135. The van der Waals surface area contributed by atoms with Gasteiger partial charge in [0.2, 0.25) is 5.91 Å². The first-order valence-electron chi connectivity index (χ1n) is 8.13. The summed E-state index contributed by atoms with van der Waals surface area (Å²) in [5.74, 6) is 0.947. The largest absolute Gasteiger partial charge is 0.491 e. The van der Waals surface area contributed by atoms with E-state index in [-0.39, 0.29) is 36.6 Å². The summed E-state index contributed by atoms with van der Waals surface area (Å²) in [4.78, 5) is 16.4. The number of piperazine rings is 1. The molecule has 0 aliphatic carbocycles. The number of ether oxygens (including phenoxy) is 1. The molecule has 1 aliphatic rings. The minimum atomic E-state index is -0.398. The van der Waals surface area contributed by atoms with Gasteiger partial charge in [-0.15, -0.1) is 24.8 Å². The van der Waals surface area contributed by atoms with Gasteiger partial charge < -0.3 is 15.4 Å². The van der Waals surface area contributed by atoms with Crippen LogP contribution in [0.1, 0.15) is 13.8 Å². The second kappa shape index (κ2) is 11.8. The molecule has 0 spiro atoms. The number of hydrogen-bond acceptors (Lipinski definition) is 4. The van der Waals surface area contributed by atoms with Crippen molar-refractivity contribution in [1.29, 1.82) is 0 Å². The molecule has 1 atom stereocenters. The molecule has 1 saturated heterocycles. The molecule has 1 heterocycles. The molecule has 1 aromatic rings. The van der Waals surface area contributed by atoms with Gasteiger partial charge in [-0.1, -0.05) is 37.6 Å². The Hall–Kier alpha value is -0.720. The van der Waals surface area contributed by atoms with Crippen LogP contribution in [-0.4, -0.2) is 61.1 Å². The third-order valence-electron chi connectivity index (χ3n) is 4.19. The van der Waals surface area contributed by atoms with Crippen LogP contribution in [0.5, 0.6) is 5.75 Å². The van der Waals surface area contributed by atoms with E-state index in [0.717, 1.165) is 32.7 Å². The van der Waals surface area contributed by atoms with Gasteiger partial charge in [0.05, 0.1) is 11.1 Å². The molecule has 0 aromatic heterocycles. The van der Waals surface area contributed by atoms with Crippen LogP contribution in [0.4, 0.5) is 0 Å². The fraction of sp³-hybridized carbons (Fsp3) is 0.588. The van der Waals surface area contributed by atoms with Gasteiger partial charge in [-0.3, -0.25) is 9.69 Å². The number of carbonyl (C=O) groups is 1. The fourth-order valence-electron chi connectivity index (χ4n) is 2.53. The average molecular weight is 413 g/mol. The van der Waals surface area contributed by atoms with E-state index in [9.17, 15) is 4.79 Å². The molecule has 25 heavy (non-hydrogen) atoms. The fourth-order valence-corrected chi connectivity index (χ4v) is 2.72. The first kappa shape index (κ1) is 24.3. The maximum atomic E-state index is 12.2. The first-order valence-corrected chi connectivity index (χ1v) is 8.51. The predicted molar refractivity (Wildman–Crippen MR) is 107 cm³/mol. The molecular formula is C17H28Cl3N3O2. The van der Waals surface area contributed by atoms with Crippen LogP contribution in [0.2, 0.25) is 5.02 Å². The van der Waals surface area contributed by atoms with E-state index in [1.165, 1.54) is 0 Å². The van der Waals surface area contributed by atoms with Crippen LogP contribution < -0.4 is 10.5 Å². The summed E-state index contributed by atoms with van der Waals surface area (Å²) in [5, 5.41) is 0.630. The van der Waals surface area contributed by atoms with Crippen molar-refractivity contribution < 1.29 is 9.53 Å². The molecule has 1 fully saturated rings. The molecule has 0 unspecified atom stereocenters. The molecule has 5 nitrogen and oxygen atoms in total. The Morgan fingerprint density at radius 1 is 1.20 bits per heavy atom. The highest BCUT2D eigenvalue weighted by Gasteiger charge is 2.26. The molecule has 2 rings (SSSR count). The van der Waals surface area contributed by atoms with Crippen LogP contribution in [0.3, 0.4) is 0 Å². The van der Waals surface area contributed by atoms with E-state index in [2.05, 4.69) is 4.90 Å². The Labute approximate surface area is 167 Å². The lowest BCUT2D eigenvalue weighted by atomic mass is 10.0. The topological polar surface area (TPSA) is 58.8 Å². The summed E-state index contributed by atoms with van der Waals surface area (Å²) in [6.07, 6.45) is 0. The van der Waals surface area contributed by atoms with Crippen molar-refractivity contribution in [3.63, 3.8) is 0 Å². The third-order valence-corrected chi connectivity index (χ3v) is 4.50. The molecule has 0 bridgehead atoms. The lowest BCUT2D eigenvalue weighted by Crippen LogP contribution is -2.54. The summed E-state index contributed by atoms with van der Waals surface area (Å²) in [5.41, 5.74) is 5.95. The van der Waals surface area contributed by atoms with Crippen LogP contribution in [0, 0.1) is 5.92 Å². The van der Waals surface area contributed by atoms with Crippen LogP contribution in [-0.2, 0) is 4.79 Å². The average Bonchev–Trinajstić information content (AvgIpc) is 2.56. The Morgan fingerprint density at radius 2 is 1.80 bits per heavy atom. The second-order valence-corrected chi connectivity index (χ2v) is 6.62. The maximum Gasteiger partial charge on any atom is 0.239 e. The summed E-state index contributed by atoms with van der Waals surface area (Å²) < 4.78 is 5.71. The Balaban J connectivity index is 0.00000288. The van der Waals surface area contributed by atoms with Crippen molar-refractivity contribution in [2.75, 3.05) is 39.3 Å². The lowest BCUT2D eigenvalue weighted by Gasteiger charge is -2.36. The molecule has 2 N–H and O–H groups in total. The molecule has 0 saturated carbocycles. The molecule has 144 valence electrons. The molecular weight excluding hydrogens is 385 g/mol. The van der Waals surface area contributed by atoms with Crippen molar-refractivity contribution in [1.82, 2.24) is 9.80 Å². The van der Waals surface area contributed by atoms with Gasteiger partial charge in [-0.25, -0.2) is 0 Å². The standard InChI is InChI=1S/C17H26ClN3O2.2ClH/c1-13(2)16(19)17(22)21-9-7-20(8-10-21)11-12-23-15-6-4-3-5-14(15)18;;/h3-6,13,16H,7-12,19H2,1-2H3;2*1H/t16-;;/m0../s1. The van der Waals surface area contributed by atoms with Crippen molar-refractivity contribution in [2.45, 2.75) is 19.9 Å². The smallest absolute Gasteiger partial charge is 0.239 e. The minimum absolute atomic E-state index is 0. The van der Waals surface area contributed by atoms with E-state index in [1.807, 2.05) is 43.0 Å². The van der Waals surface area contributed by atoms with Crippen molar-refractivity contribution in [2.24, 2.45) is 11.7 Å². The third kappa shape index (κ3) is 7.19. The van der Waals surface area contributed by atoms with Gasteiger partial charge in [-0.05, 0) is 18.1 Å². The number of benzene rings is 1. The summed E-state index contributed by atoms with van der Waals surface area (Å²) in [6, 6.07) is 7.08. The van der Waals surface area contributed by atoms with E-state index in [1.54, 1.807) is 0 Å². The summed E-state index contributed by atoms with van der Waals surface area (Å²) in [7, 11) is 0. The SMILES string of the molecule is CC(C)[C@H](N)C(=O)N1CCN(CCOc2ccccc2Cl)CC1.Cl.Cl. The zero-order valence-corrected chi connectivity index (χ0v) is 17.1. The monoisotopic (exact) mass is 411 g/mol. The molecule has 8 heteroatoms. The van der Waals surface area contributed by atoms with Crippen molar-refractivity contribution >= 4 is 42.3 Å². The highest BCUT2D eigenvalue weighted by atomic mass is 35.5. The number of amides is 1. The van der Waals surface area contributed by atoms with E-state index < -0.39 is 6.04 Å². The Kier molecular flexibility index (Phi) is 11.5. The maximum absolute atomic E-state index is 12.2. The zero-order chi connectivity index (χ0) is 16.8. The van der Waals surface area contributed by atoms with E-state index in [4.69, 9.17) is 22.1 Å². The first-order chi connectivity index (χ1) is 11.0. The van der Waals surface area contributed by atoms with Gasteiger partial charge in [0.25, 0.3) is 0 Å². The number of rotatable bonds is 6. The van der Waals surface area contributed by atoms with Crippen LogP contribution in [0.15, 0.2) is 24.3 Å². The molecule has 0 radical (unpaired) electrons. The Morgan fingerprint density at radius 3 is 2.36 bits per heavy atom. The number of carbonyl (C=O) groups excluding carboxylic acids is 1. The van der Waals surface area contributed by atoms with Gasteiger partial charge in [-0.2, -0.15) is 0 Å². The number of nitrogens with zero attached hydrogens (tertiary/aromatic N) is 2. The van der Waals surface area contributed by atoms with Gasteiger partial charge in [0.15, 0.2) is 0 Å². The van der Waals surface area contributed by atoms with Gasteiger partial charge in [0, 0.05) is 32.7 Å².